The molecule has 172 valence electrons. The summed E-state index contributed by atoms with van der Waals surface area (Å²) in [5.41, 5.74) is 4.89. The van der Waals surface area contributed by atoms with Gasteiger partial charge in [-0.1, -0.05) is 48.5 Å². The Hall–Kier alpha value is -3.14. The normalized spacial score (nSPS) is 11.1. The number of hydrogen-bond donors (Lipinski definition) is 2. The molecule has 8 heteroatoms. The van der Waals surface area contributed by atoms with Gasteiger partial charge in [-0.2, -0.15) is 5.10 Å². The lowest BCUT2D eigenvalue weighted by molar-refractivity contribution is 0.677. The first-order chi connectivity index (χ1) is 15.8. The molecule has 7 nitrogen and oxygen atoms in total. The molecule has 0 radical (unpaired) electrons. The van der Waals surface area contributed by atoms with Gasteiger partial charge >= 0.3 is 0 Å². The van der Waals surface area contributed by atoms with E-state index in [1.165, 1.54) is 22.3 Å². The van der Waals surface area contributed by atoms with Crippen LogP contribution in [0.25, 0.3) is 0 Å². The van der Waals surface area contributed by atoms with E-state index in [9.17, 15) is 0 Å². The summed E-state index contributed by atoms with van der Waals surface area (Å²) in [6, 6.07) is 18.9. The molecule has 0 saturated heterocycles. The first-order valence-corrected chi connectivity index (χ1v) is 10.9. The fourth-order valence-electron chi connectivity index (χ4n) is 3.56. The summed E-state index contributed by atoms with van der Waals surface area (Å²) in [7, 11) is 0. The van der Waals surface area contributed by atoms with Crippen molar-refractivity contribution in [3.8, 4) is 0 Å². The van der Waals surface area contributed by atoms with E-state index >= 15 is 0 Å². The number of benzene rings is 2. The Morgan fingerprint density at radius 3 is 2.52 bits per heavy atom. The Morgan fingerprint density at radius 1 is 0.909 bits per heavy atom. The third-order valence-corrected chi connectivity index (χ3v) is 5.14. The Morgan fingerprint density at radius 2 is 1.76 bits per heavy atom. The van der Waals surface area contributed by atoms with E-state index in [2.05, 4.69) is 80.7 Å². The molecular weight excluding hydrogens is 525 g/mol. The molecule has 0 atom stereocenters. The number of hydrogen-bond acceptors (Lipinski definition) is 3. The number of halogens is 1. The van der Waals surface area contributed by atoms with Crippen LogP contribution in [0.1, 0.15) is 29.2 Å². The third-order valence-electron chi connectivity index (χ3n) is 5.14. The molecule has 0 unspecified atom stereocenters. The minimum absolute atomic E-state index is 0. The second-order valence-corrected chi connectivity index (χ2v) is 7.58. The fourth-order valence-corrected chi connectivity index (χ4v) is 3.56. The van der Waals surface area contributed by atoms with Crippen molar-refractivity contribution in [2.45, 2.75) is 33.1 Å². The summed E-state index contributed by atoms with van der Waals surface area (Å²) in [5, 5.41) is 11.1. The standard InChI is InChI=1S/C25H29N7.HI/c1-2-27-25(28-16-21-7-5-8-22(15-21)18-31-14-12-26-20-31)29-17-23-9-3-4-10-24(23)19-32-13-6-11-30-32;/h3-15,20H,2,16-19H2,1H3,(H2,27,28,29);1H. The maximum atomic E-state index is 4.80. The average Bonchev–Trinajstić information content (AvgIpc) is 3.51. The molecular formula is C25H30IN7. The van der Waals surface area contributed by atoms with E-state index < -0.39 is 0 Å². The van der Waals surface area contributed by atoms with Crippen molar-refractivity contribution >= 4 is 29.9 Å². The van der Waals surface area contributed by atoms with Crippen molar-refractivity contribution < 1.29 is 0 Å². The molecule has 2 N–H and O–H groups in total. The number of rotatable bonds is 9. The molecule has 2 aromatic carbocycles. The van der Waals surface area contributed by atoms with Crippen LogP contribution in [0.2, 0.25) is 0 Å². The van der Waals surface area contributed by atoms with Crippen molar-refractivity contribution in [2.24, 2.45) is 4.99 Å². The molecule has 0 saturated carbocycles. The van der Waals surface area contributed by atoms with Gasteiger partial charge in [-0.25, -0.2) is 9.98 Å². The Kier molecular flexibility index (Phi) is 9.49. The van der Waals surface area contributed by atoms with Crippen molar-refractivity contribution in [1.29, 1.82) is 0 Å². The molecule has 4 aromatic rings. The maximum absolute atomic E-state index is 4.80. The molecule has 2 heterocycles. The monoisotopic (exact) mass is 555 g/mol. The zero-order valence-electron chi connectivity index (χ0n) is 18.8. The van der Waals surface area contributed by atoms with Crippen LogP contribution in [0.15, 0.2) is 90.7 Å². The van der Waals surface area contributed by atoms with Gasteiger partial charge in [0.2, 0.25) is 0 Å². The molecule has 4 rings (SSSR count). The number of aliphatic imine (C=N–C) groups is 1. The van der Waals surface area contributed by atoms with Crippen LogP contribution in [-0.2, 0) is 26.2 Å². The first kappa shape index (κ1) is 24.5. The Labute approximate surface area is 212 Å². The smallest absolute Gasteiger partial charge is 0.191 e. The summed E-state index contributed by atoms with van der Waals surface area (Å²) in [4.78, 5) is 8.91. The minimum atomic E-state index is 0. The lowest BCUT2D eigenvalue weighted by Gasteiger charge is -2.14. The molecule has 0 aliphatic rings. The van der Waals surface area contributed by atoms with E-state index in [1.54, 1.807) is 12.4 Å². The van der Waals surface area contributed by atoms with Crippen molar-refractivity contribution in [2.75, 3.05) is 6.54 Å². The number of nitrogens with one attached hydrogen (secondary N) is 2. The van der Waals surface area contributed by atoms with E-state index in [-0.39, 0.29) is 24.0 Å². The number of imidazole rings is 1. The van der Waals surface area contributed by atoms with Crippen LogP contribution in [0.5, 0.6) is 0 Å². The van der Waals surface area contributed by atoms with Crippen molar-refractivity contribution in [3.05, 3.63) is 108 Å². The summed E-state index contributed by atoms with van der Waals surface area (Å²) in [6.45, 7) is 5.76. The highest BCUT2D eigenvalue weighted by Crippen LogP contribution is 2.11. The van der Waals surface area contributed by atoms with Gasteiger partial charge in [0, 0.05) is 44.4 Å². The predicted octanol–water partition coefficient (Wildman–Crippen LogP) is 4.05. The second-order valence-electron chi connectivity index (χ2n) is 7.58. The van der Waals surface area contributed by atoms with Gasteiger partial charge in [0.25, 0.3) is 0 Å². The lowest BCUT2D eigenvalue weighted by Crippen LogP contribution is -2.37. The zero-order chi connectivity index (χ0) is 22.0. The first-order valence-electron chi connectivity index (χ1n) is 10.9. The summed E-state index contributed by atoms with van der Waals surface area (Å²) >= 11 is 0. The summed E-state index contributed by atoms with van der Waals surface area (Å²) in [6.07, 6.45) is 9.40. The van der Waals surface area contributed by atoms with E-state index in [0.29, 0.717) is 13.1 Å². The minimum Gasteiger partial charge on any atom is -0.357 e. The molecule has 33 heavy (non-hydrogen) atoms. The Bertz CT molecular complexity index is 1120. The molecule has 0 aliphatic heterocycles. The summed E-state index contributed by atoms with van der Waals surface area (Å²) < 4.78 is 4.00. The molecule has 0 spiro atoms. The topological polar surface area (TPSA) is 72.1 Å². The van der Waals surface area contributed by atoms with Crippen molar-refractivity contribution in [3.63, 3.8) is 0 Å². The molecule has 0 bridgehead atoms. The van der Waals surface area contributed by atoms with Crippen LogP contribution in [0, 0.1) is 0 Å². The van der Waals surface area contributed by atoms with Crippen LogP contribution < -0.4 is 10.6 Å². The van der Waals surface area contributed by atoms with E-state index in [1.807, 2.05) is 29.5 Å². The lowest BCUT2D eigenvalue weighted by atomic mass is 10.1. The van der Waals surface area contributed by atoms with Gasteiger partial charge < -0.3 is 15.2 Å². The molecule has 2 aromatic heterocycles. The average molecular weight is 555 g/mol. The second kappa shape index (κ2) is 12.8. The molecule has 0 amide bonds. The number of nitrogens with zero attached hydrogens (tertiary/aromatic N) is 5. The van der Waals surface area contributed by atoms with Crippen LogP contribution in [0.4, 0.5) is 0 Å². The van der Waals surface area contributed by atoms with Gasteiger partial charge in [-0.05, 0) is 35.2 Å². The van der Waals surface area contributed by atoms with Crippen LogP contribution in [0.3, 0.4) is 0 Å². The van der Waals surface area contributed by atoms with Gasteiger partial charge in [-0.3, -0.25) is 4.68 Å². The zero-order valence-corrected chi connectivity index (χ0v) is 21.1. The fraction of sp³-hybridized carbons (Fsp3) is 0.240. The highest BCUT2D eigenvalue weighted by Gasteiger charge is 2.05. The quantitative estimate of drug-likeness (QED) is 0.186. The highest BCUT2D eigenvalue weighted by molar-refractivity contribution is 14.0. The van der Waals surface area contributed by atoms with E-state index in [0.717, 1.165) is 25.6 Å². The van der Waals surface area contributed by atoms with Crippen LogP contribution in [-0.4, -0.2) is 31.8 Å². The third kappa shape index (κ3) is 7.45. The van der Waals surface area contributed by atoms with Crippen molar-refractivity contribution in [1.82, 2.24) is 30.0 Å². The predicted molar refractivity (Wildman–Crippen MR) is 143 cm³/mol. The van der Waals surface area contributed by atoms with E-state index in [4.69, 9.17) is 4.99 Å². The maximum Gasteiger partial charge on any atom is 0.191 e. The van der Waals surface area contributed by atoms with Crippen LogP contribution >= 0.6 is 24.0 Å². The van der Waals surface area contributed by atoms with Gasteiger partial charge in [0.1, 0.15) is 0 Å². The Balaban J connectivity index is 0.00000306. The molecule has 0 fully saturated rings. The summed E-state index contributed by atoms with van der Waals surface area (Å²) in [5.74, 6) is 0.807. The number of guanidine groups is 1. The molecule has 0 aliphatic carbocycles. The largest absolute Gasteiger partial charge is 0.357 e. The SMILES string of the molecule is CCNC(=NCc1cccc(Cn2ccnc2)c1)NCc1ccccc1Cn1cccn1.I. The van der Waals surface area contributed by atoms with Gasteiger partial charge in [-0.15, -0.1) is 24.0 Å². The highest BCUT2D eigenvalue weighted by atomic mass is 127. The number of aromatic nitrogens is 4. The van der Waals surface area contributed by atoms with Gasteiger partial charge in [0.15, 0.2) is 5.96 Å². The van der Waals surface area contributed by atoms with Gasteiger partial charge in [0.05, 0.1) is 19.4 Å².